The van der Waals surface area contributed by atoms with Gasteiger partial charge in [-0.1, -0.05) is 48.7 Å². The lowest BCUT2D eigenvalue weighted by molar-refractivity contribution is 0.0894. The maximum atomic E-state index is 9.68. The first-order valence-corrected chi connectivity index (χ1v) is 6.49. The molecule has 5 heteroatoms. The molecule has 1 aromatic rings. The minimum atomic E-state index is -0.530. The van der Waals surface area contributed by atoms with Crippen molar-refractivity contribution < 1.29 is 9.84 Å². The topological polar surface area (TPSA) is 29.5 Å². The molecule has 0 aromatic heterocycles. The van der Waals surface area contributed by atoms with Crippen LogP contribution in [0.15, 0.2) is 12.1 Å². The Balaban J connectivity index is 2.63. The SMILES string of the molecule is CC(C)CC(O)COc1c(Cl)cc(Cl)cc1Cl. The Morgan fingerprint density at radius 3 is 2.18 bits per heavy atom. The van der Waals surface area contributed by atoms with Gasteiger partial charge in [0.05, 0.1) is 16.1 Å². The molecule has 0 amide bonds. The van der Waals surface area contributed by atoms with Crippen molar-refractivity contribution in [1.29, 1.82) is 0 Å². The smallest absolute Gasteiger partial charge is 0.156 e. The van der Waals surface area contributed by atoms with Gasteiger partial charge in [0, 0.05) is 5.02 Å². The highest BCUT2D eigenvalue weighted by Gasteiger charge is 2.12. The zero-order valence-electron chi connectivity index (χ0n) is 9.71. The van der Waals surface area contributed by atoms with Gasteiger partial charge in [-0.2, -0.15) is 0 Å². The minimum absolute atomic E-state index is 0.166. The molecule has 1 unspecified atom stereocenters. The standard InChI is InChI=1S/C12H15Cl3O2/c1-7(2)3-9(16)6-17-12-10(14)4-8(13)5-11(12)15/h4-5,7,9,16H,3,6H2,1-2H3. The van der Waals surface area contributed by atoms with E-state index < -0.39 is 6.10 Å². The summed E-state index contributed by atoms with van der Waals surface area (Å²) in [6.07, 6.45) is 0.140. The van der Waals surface area contributed by atoms with E-state index in [0.717, 1.165) is 0 Å². The highest BCUT2D eigenvalue weighted by atomic mass is 35.5. The van der Waals surface area contributed by atoms with E-state index in [0.29, 0.717) is 33.2 Å². The lowest BCUT2D eigenvalue weighted by Crippen LogP contribution is -2.19. The second kappa shape index (κ2) is 6.69. The van der Waals surface area contributed by atoms with E-state index in [-0.39, 0.29) is 6.61 Å². The second-order valence-corrected chi connectivity index (χ2v) is 5.54. The van der Waals surface area contributed by atoms with Crippen molar-refractivity contribution in [2.24, 2.45) is 5.92 Å². The number of aliphatic hydroxyl groups excluding tert-OH is 1. The first-order valence-electron chi connectivity index (χ1n) is 5.35. The predicted octanol–water partition coefficient (Wildman–Crippen LogP) is 4.43. The summed E-state index contributed by atoms with van der Waals surface area (Å²) in [4.78, 5) is 0. The van der Waals surface area contributed by atoms with Crippen LogP contribution in [0.2, 0.25) is 15.1 Å². The quantitative estimate of drug-likeness (QED) is 0.871. The summed E-state index contributed by atoms with van der Waals surface area (Å²) in [5.41, 5.74) is 0. The molecule has 1 rings (SSSR count). The molecule has 17 heavy (non-hydrogen) atoms. The van der Waals surface area contributed by atoms with Crippen molar-refractivity contribution in [1.82, 2.24) is 0 Å². The minimum Gasteiger partial charge on any atom is -0.488 e. The average molecular weight is 298 g/mol. The monoisotopic (exact) mass is 296 g/mol. The fraction of sp³-hybridized carbons (Fsp3) is 0.500. The van der Waals surface area contributed by atoms with Gasteiger partial charge in [0.2, 0.25) is 0 Å². The van der Waals surface area contributed by atoms with E-state index in [1.54, 1.807) is 12.1 Å². The van der Waals surface area contributed by atoms with Gasteiger partial charge in [-0.15, -0.1) is 0 Å². The first-order chi connectivity index (χ1) is 7.90. The molecular weight excluding hydrogens is 282 g/mol. The maximum absolute atomic E-state index is 9.68. The van der Waals surface area contributed by atoms with Crippen LogP contribution in [0.5, 0.6) is 5.75 Å². The molecule has 2 nitrogen and oxygen atoms in total. The number of benzene rings is 1. The molecular formula is C12H15Cl3O2. The van der Waals surface area contributed by atoms with Gasteiger partial charge in [0.1, 0.15) is 6.61 Å². The number of halogens is 3. The van der Waals surface area contributed by atoms with Crippen molar-refractivity contribution in [2.75, 3.05) is 6.61 Å². The molecule has 0 bridgehead atoms. The van der Waals surface area contributed by atoms with E-state index >= 15 is 0 Å². The molecule has 0 aliphatic carbocycles. The fourth-order valence-electron chi connectivity index (χ4n) is 1.46. The third-order valence-corrected chi connectivity index (χ3v) is 2.91. The molecule has 0 saturated carbocycles. The van der Waals surface area contributed by atoms with Crippen molar-refractivity contribution in [3.05, 3.63) is 27.2 Å². The Morgan fingerprint density at radius 2 is 1.71 bits per heavy atom. The highest BCUT2D eigenvalue weighted by Crippen LogP contribution is 2.35. The molecule has 1 N–H and O–H groups in total. The Bertz CT molecular complexity index is 357. The lowest BCUT2D eigenvalue weighted by Gasteiger charge is -2.15. The zero-order chi connectivity index (χ0) is 13.0. The second-order valence-electron chi connectivity index (χ2n) is 4.29. The summed E-state index contributed by atoms with van der Waals surface area (Å²) in [5, 5.41) is 10.8. The predicted molar refractivity (Wildman–Crippen MR) is 72.4 cm³/mol. The number of ether oxygens (including phenoxy) is 1. The van der Waals surface area contributed by atoms with Crippen LogP contribution in [0.4, 0.5) is 0 Å². The van der Waals surface area contributed by atoms with Gasteiger partial charge < -0.3 is 9.84 Å². The van der Waals surface area contributed by atoms with E-state index in [9.17, 15) is 5.11 Å². The molecule has 96 valence electrons. The van der Waals surface area contributed by atoms with Crippen LogP contribution in [0.25, 0.3) is 0 Å². The van der Waals surface area contributed by atoms with Gasteiger partial charge in [-0.05, 0) is 24.5 Å². The molecule has 0 saturated heterocycles. The Hall–Kier alpha value is -0.150. The van der Waals surface area contributed by atoms with Gasteiger partial charge in [-0.25, -0.2) is 0 Å². The first kappa shape index (κ1) is 14.9. The Morgan fingerprint density at radius 1 is 1.18 bits per heavy atom. The number of hydrogen-bond acceptors (Lipinski definition) is 2. The average Bonchev–Trinajstić information content (AvgIpc) is 2.14. The number of rotatable bonds is 5. The number of hydrogen-bond donors (Lipinski definition) is 1. The molecule has 0 radical (unpaired) electrons. The van der Waals surface area contributed by atoms with Crippen LogP contribution >= 0.6 is 34.8 Å². The Kier molecular flexibility index (Phi) is 5.87. The van der Waals surface area contributed by atoms with Crippen molar-refractivity contribution in [3.8, 4) is 5.75 Å². The van der Waals surface area contributed by atoms with Crippen LogP contribution in [-0.4, -0.2) is 17.8 Å². The van der Waals surface area contributed by atoms with Gasteiger partial charge >= 0.3 is 0 Å². The summed E-state index contributed by atoms with van der Waals surface area (Å²) in [7, 11) is 0. The van der Waals surface area contributed by atoms with Crippen LogP contribution in [-0.2, 0) is 0 Å². The van der Waals surface area contributed by atoms with Gasteiger partial charge in [0.15, 0.2) is 5.75 Å². The summed E-state index contributed by atoms with van der Waals surface area (Å²) >= 11 is 17.7. The summed E-state index contributed by atoms with van der Waals surface area (Å²) in [6.45, 7) is 4.23. The third kappa shape index (κ3) is 4.92. The van der Waals surface area contributed by atoms with E-state index in [1.165, 1.54) is 0 Å². The molecule has 0 spiro atoms. The van der Waals surface area contributed by atoms with Crippen LogP contribution in [0.3, 0.4) is 0 Å². The van der Waals surface area contributed by atoms with Crippen molar-refractivity contribution >= 4 is 34.8 Å². The van der Waals surface area contributed by atoms with Gasteiger partial charge in [-0.3, -0.25) is 0 Å². The van der Waals surface area contributed by atoms with Crippen LogP contribution in [0.1, 0.15) is 20.3 Å². The summed E-state index contributed by atoms with van der Waals surface area (Å²) in [5.74, 6) is 0.769. The zero-order valence-corrected chi connectivity index (χ0v) is 12.0. The molecule has 0 aliphatic rings. The maximum Gasteiger partial charge on any atom is 0.156 e. The molecule has 1 atom stereocenters. The number of aliphatic hydroxyl groups is 1. The van der Waals surface area contributed by atoms with Crippen LogP contribution in [0, 0.1) is 5.92 Å². The highest BCUT2D eigenvalue weighted by molar-refractivity contribution is 6.40. The normalized spacial score (nSPS) is 12.9. The van der Waals surface area contributed by atoms with Gasteiger partial charge in [0.25, 0.3) is 0 Å². The molecule has 0 heterocycles. The largest absolute Gasteiger partial charge is 0.488 e. The van der Waals surface area contributed by atoms with E-state index in [2.05, 4.69) is 0 Å². The van der Waals surface area contributed by atoms with Crippen LogP contribution < -0.4 is 4.74 Å². The fourth-order valence-corrected chi connectivity index (χ4v) is 2.38. The van der Waals surface area contributed by atoms with Crippen molar-refractivity contribution in [2.45, 2.75) is 26.4 Å². The molecule has 0 aliphatic heterocycles. The molecule has 0 fully saturated rings. The Labute approximate surface area is 116 Å². The summed E-state index contributed by atoms with van der Waals surface area (Å²) in [6, 6.07) is 3.11. The molecule has 1 aromatic carbocycles. The lowest BCUT2D eigenvalue weighted by atomic mass is 10.1. The summed E-state index contributed by atoms with van der Waals surface area (Å²) < 4.78 is 5.41. The van der Waals surface area contributed by atoms with E-state index in [4.69, 9.17) is 39.5 Å². The van der Waals surface area contributed by atoms with E-state index in [1.807, 2.05) is 13.8 Å². The van der Waals surface area contributed by atoms with Crippen molar-refractivity contribution in [3.63, 3.8) is 0 Å². The third-order valence-electron chi connectivity index (χ3n) is 2.13.